The number of benzene rings is 1. The molecule has 1 heterocycles. The average Bonchev–Trinajstić information content (AvgIpc) is 2.45. The number of carboxylic acid groups (broad SMARTS) is 1. The van der Waals surface area contributed by atoms with E-state index in [1.165, 1.54) is 11.8 Å². The van der Waals surface area contributed by atoms with Crippen molar-refractivity contribution in [3.05, 3.63) is 53.3 Å². The van der Waals surface area contributed by atoms with Crippen LogP contribution < -0.4 is 4.90 Å². The van der Waals surface area contributed by atoms with Crippen LogP contribution in [0.15, 0.2) is 36.5 Å². The van der Waals surface area contributed by atoms with Crippen molar-refractivity contribution in [3.8, 4) is 0 Å². The van der Waals surface area contributed by atoms with Gasteiger partial charge >= 0.3 is 5.97 Å². The van der Waals surface area contributed by atoms with Gasteiger partial charge in [0.05, 0.1) is 11.3 Å². The molecule has 104 valence electrons. The Morgan fingerprint density at radius 2 is 2.00 bits per heavy atom. The Balaban J connectivity index is 2.04. The van der Waals surface area contributed by atoms with Crippen molar-refractivity contribution in [1.82, 2.24) is 9.97 Å². The normalized spacial score (nSPS) is 10.3. The maximum atomic E-state index is 10.9. The standard InChI is InChI=1S/C15H17N3O2/c1-11-13(14(19)20)10-16-15(17-11)18(2)9-8-12-6-4-3-5-7-12/h3-7,10H,8-9H2,1-2H3,(H,19,20). The lowest BCUT2D eigenvalue weighted by Gasteiger charge is -2.17. The Bertz CT molecular complexity index is 599. The molecule has 5 heteroatoms. The third kappa shape index (κ3) is 3.32. The summed E-state index contributed by atoms with van der Waals surface area (Å²) in [6.45, 7) is 2.45. The fourth-order valence-corrected chi connectivity index (χ4v) is 1.89. The van der Waals surface area contributed by atoms with Gasteiger partial charge in [-0.3, -0.25) is 0 Å². The number of carbonyl (C=O) groups is 1. The average molecular weight is 271 g/mol. The van der Waals surface area contributed by atoms with Crippen LogP contribution in [0.3, 0.4) is 0 Å². The monoisotopic (exact) mass is 271 g/mol. The highest BCUT2D eigenvalue weighted by Crippen LogP contribution is 2.11. The summed E-state index contributed by atoms with van der Waals surface area (Å²) in [7, 11) is 1.90. The number of aryl methyl sites for hydroxylation is 1. The van der Waals surface area contributed by atoms with E-state index in [9.17, 15) is 4.79 Å². The van der Waals surface area contributed by atoms with Crippen LogP contribution in [0.5, 0.6) is 0 Å². The van der Waals surface area contributed by atoms with E-state index < -0.39 is 5.97 Å². The molecule has 0 unspecified atom stereocenters. The van der Waals surface area contributed by atoms with E-state index in [-0.39, 0.29) is 5.56 Å². The molecular formula is C15H17N3O2. The molecule has 0 fully saturated rings. The summed E-state index contributed by atoms with van der Waals surface area (Å²) in [5, 5.41) is 8.95. The molecule has 0 spiro atoms. The van der Waals surface area contributed by atoms with Gasteiger partial charge in [-0.05, 0) is 18.9 Å². The van der Waals surface area contributed by atoms with E-state index in [2.05, 4.69) is 22.1 Å². The first kappa shape index (κ1) is 14.0. The van der Waals surface area contributed by atoms with Crippen LogP contribution >= 0.6 is 0 Å². The molecule has 0 aliphatic heterocycles. The first-order valence-electron chi connectivity index (χ1n) is 6.40. The number of likely N-dealkylation sites (N-methyl/N-ethyl adjacent to an activating group) is 1. The Morgan fingerprint density at radius 1 is 1.30 bits per heavy atom. The maximum absolute atomic E-state index is 10.9. The van der Waals surface area contributed by atoms with Crippen LogP contribution in [-0.4, -0.2) is 34.6 Å². The van der Waals surface area contributed by atoms with Gasteiger partial charge in [0, 0.05) is 19.8 Å². The van der Waals surface area contributed by atoms with Crippen molar-refractivity contribution < 1.29 is 9.90 Å². The largest absolute Gasteiger partial charge is 0.478 e. The molecule has 1 N–H and O–H groups in total. The second kappa shape index (κ2) is 6.14. The van der Waals surface area contributed by atoms with Crippen molar-refractivity contribution in [2.24, 2.45) is 0 Å². The van der Waals surface area contributed by atoms with Gasteiger partial charge in [-0.2, -0.15) is 0 Å². The molecule has 2 aromatic rings. The lowest BCUT2D eigenvalue weighted by molar-refractivity contribution is 0.0695. The minimum atomic E-state index is -0.999. The topological polar surface area (TPSA) is 66.3 Å². The second-order valence-electron chi connectivity index (χ2n) is 4.63. The van der Waals surface area contributed by atoms with E-state index >= 15 is 0 Å². The van der Waals surface area contributed by atoms with E-state index in [4.69, 9.17) is 5.11 Å². The highest BCUT2D eigenvalue weighted by atomic mass is 16.4. The summed E-state index contributed by atoms with van der Waals surface area (Å²) < 4.78 is 0. The summed E-state index contributed by atoms with van der Waals surface area (Å²) in [5.74, 6) is -0.454. The summed E-state index contributed by atoms with van der Waals surface area (Å²) >= 11 is 0. The quantitative estimate of drug-likeness (QED) is 0.902. The molecular weight excluding hydrogens is 254 g/mol. The Hall–Kier alpha value is -2.43. The number of nitrogens with zero attached hydrogens (tertiary/aromatic N) is 3. The zero-order valence-electron chi connectivity index (χ0n) is 11.6. The number of aromatic carboxylic acids is 1. The highest BCUT2D eigenvalue weighted by molar-refractivity contribution is 5.88. The third-order valence-electron chi connectivity index (χ3n) is 3.12. The molecule has 1 aromatic carbocycles. The fourth-order valence-electron chi connectivity index (χ4n) is 1.89. The van der Waals surface area contributed by atoms with Crippen molar-refractivity contribution in [3.63, 3.8) is 0 Å². The van der Waals surface area contributed by atoms with Crippen molar-refractivity contribution in [2.75, 3.05) is 18.5 Å². The van der Waals surface area contributed by atoms with Crippen LogP contribution in [-0.2, 0) is 6.42 Å². The van der Waals surface area contributed by atoms with E-state index in [1.54, 1.807) is 6.92 Å². The number of carboxylic acids is 1. The first-order chi connectivity index (χ1) is 9.58. The van der Waals surface area contributed by atoms with Gasteiger partial charge in [0.15, 0.2) is 0 Å². The van der Waals surface area contributed by atoms with Crippen molar-refractivity contribution in [2.45, 2.75) is 13.3 Å². The SMILES string of the molecule is Cc1nc(N(C)CCc2ccccc2)ncc1C(=O)O. The Morgan fingerprint density at radius 3 is 2.60 bits per heavy atom. The van der Waals surface area contributed by atoms with Gasteiger partial charge in [-0.15, -0.1) is 0 Å². The Labute approximate surface area is 117 Å². The molecule has 0 aliphatic carbocycles. The first-order valence-corrected chi connectivity index (χ1v) is 6.40. The van der Waals surface area contributed by atoms with Crippen molar-refractivity contribution in [1.29, 1.82) is 0 Å². The number of anilines is 1. The zero-order valence-corrected chi connectivity index (χ0v) is 11.6. The molecule has 0 aliphatic rings. The number of rotatable bonds is 5. The van der Waals surface area contributed by atoms with Crippen LogP contribution in [0.2, 0.25) is 0 Å². The molecule has 5 nitrogen and oxygen atoms in total. The lowest BCUT2D eigenvalue weighted by atomic mass is 10.1. The predicted octanol–water partition coefficient (Wildman–Crippen LogP) is 2.16. The van der Waals surface area contributed by atoms with Crippen molar-refractivity contribution >= 4 is 11.9 Å². The molecule has 0 atom stereocenters. The fraction of sp³-hybridized carbons (Fsp3) is 0.267. The summed E-state index contributed by atoms with van der Waals surface area (Å²) in [4.78, 5) is 21.2. The number of hydrogen-bond acceptors (Lipinski definition) is 4. The minimum Gasteiger partial charge on any atom is -0.478 e. The molecule has 0 amide bonds. The van der Waals surface area contributed by atoms with Gasteiger partial charge < -0.3 is 10.0 Å². The molecule has 0 saturated heterocycles. The van der Waals surface area contributed by atoms with Gasteiger partial charge in [0.25, 0.3) is 0 Å². The maximum Gasteiger partial charge on any atom is 0.339 e. The Kier molecular flexibility index (Phi) is 4.30. The molecule has 1 aromatic heterocycles. The van der Waals surface area contributed by atoms with Gasteiger partial charge in [-0.25, -0.2) is 14.8 Å². The molecule has 2 rings (SSSR count). The van der Waals surface area contributed by atoms with E-state index in [0.717, 1.165) is 13.0 Å². The summed E-state index contributed by atoms with van der Waals surface area (Å²) in [6.07, 6.45) is 2.25. The van der Waals surface area contributed by atoms with E-state index in [0.29, 0.717) is 11.6 Å². The number of aromatic nitrogens is 2. The van der Waals surface area contributed by atoms with Crippen LogP contribution in [0, 0.1) is 6.92 Å². The third-order valence-corrected chi connectivity index (χ3v) is 3.12. The van der Waals surface area contributed by atoms with Gasteiger partial charge in [-0.1, -0.05) is 30.3 Å². The molecule has 0 radical (unpaired) electrons. The van der Waals surface area contributed by atoms with Crippen LogP contribution in [0.4, 0.5) is 5.95 Å². The number of hydrogen-bond donors (Lipinski definition) is 1. The zero-order chi connectivity index (χ0) is 14.5. The molecule has 0 saturated carbocycles. The minimum absolute atomic E-state index is 0.144. The second-order valence-corrected chi connectivity index (χ2v) is 4.63. The summed E-state index contributed by atoms with van der Waals surface area (Å²) in [5.41, 5.74) is 1.87. The van der Waals surface area contributed by atoms with Gasteiger partial charge in [0.2, 0.25) is 5.95 Å². The van der Waals surface area contributed by atoms with E-state index in [1.807, 2.05) is 30.1 Å². The molecule has 0 bridgehead atoms. The summed E-state index contributed by atoms with van der Waals surface area (Å²) in [6, 6.07) is 10.2. The van der Waals surface area contributed by atoms with Crippen LogP contribution in [0.25, 0.3) is 0 Å². The van der Waals surface area contributed by atoms with Crippen LogP contribution in [0.1, 0.15) is 21.6 Å². The smallest absolute Gasteiger partial charge is 0.339 e. The molecule has 20 heavy (non-hydrogen) atoms. The lowest BCUT2D eigenvalue weighted by Crippen LogP contribution is -2.23. The predicted molar refractivity (Wildman–Crippen MR) is 77.1 cm³/mol. The highest BCUT2D eigenvalue weighted by Gasteiger charge is 2.12. The van der Waals surface area contributed by atoms with Gasteiger partial charge in [0.1, 0.15) is 0 Å².